The van der Waals surface area contributed by atoms with E-state index >= 15 is 0 Å². The Labute approximate surface area is 130 Å². The maximum Gasteiger partial charge on any atom is 0.227 e. The summed E-state index contributed by atoms with van der Waals surface area (Å²) in [7, 11) is 1.62. The van der Waals surface area contributed by atoms with Crippen molar-refractivity contribution >= 4 is 11.6 Å². The molecule has 0 unspecified atom stereocenters. The Morgan fingerprint density at radius 2 is 1.91 bits per heavy atom. The van der Waals surface area contributed by atoms with Crippen molar-refractivity contribution in [2.45, 2.75) is 19.8 Å². The molecule has 0 heterocycles. The van der Waals surface area contributed by atoms with E-state index in [9.17, 15) is 9.18 Å². The highest BCUT2D eigenvalue weighted by molar-refractivity contribution is 5.93. The Morgan fingerprint density at radius 1 is 1.18 bits per heavy atom. The first-order valence-corrected chi connectivity index (χ1v) is 7.33. The predicted molar refractivity (Wildman–Crippen MR) is 85.7 cm³/mol. The van der Waals surface area contributed by atoms with E-state index in [2.05, 4.69) is 0 Å². The number of amides is 1. The van der Waals surface area contributed by atoms with E-state index < -0.39 is 0 Å². The monoisotopic (exact) mass is 301 g/mol. The van der Waals surface area contributed by atoms with Crippen molar-refractivity contribution in [3.8, 4) is 5.75 Å². The van der Waals surface area contributed by atoms with Gasteiger partial charge in [0.05, 0.1) is 7.11 Å². The van der Waals surface area contributed by atoms with Crippen molar-refractivity contribution in [2.75, 3.05) is 18.6 Å². The second-order valence-electron chi connectivity index (χ2n) is 4.97. The van der Waals surface area contributed by atoms with Crippen molar-refractivity contribution in [2.24, 2.45) is 0 Å². The van der Waals surface area contributed by atoms with Gasteiger partial charge in [-0.25, -0.2) is 4.39 Å². The summed E-state index contributed by atoms with van der Waals surface area (Å²) in [5.74, 6) is 0.511. The maximum atomic E-state index is 13.0. The molecule has 0 fully saturated rings. The van der Waals surface area contributed by atoms with Gasteiger partial charge in [0, 0.05) is 18.7 Å². The van der Waals surface area contributed by atoms with Gasteiger partial charge in [0.15, 0.2) is 0 Å². The number of nitrogens with zero attached hydrogens (tertiary/aromatic N) is 1. The van der Waals surface area contributed by atoms with Crippen LogP contribution in [-0.2, 0) is 11.2 Å². The number of hydrogen-bond donors (Lipinski definition) is 0. The Kier molecular flexibility index (Phi) is 5.53. The molecular weight excluding hydrogens is 281 g/mol. The van der Waals surface area contributed by atoms with Crippen LogP contribution in [0.3, 0.4) is 0 Å². The summed E-state index contributed by atoms with van der Waals surface area (Å²) >= 11 is 0. The fourth-order valence-electron chi connectivity index (χ4n) is 2.34. The van der Waals surface area contributed by atoms with Crippen LogP contribution in [0.1, 0.15) is 18.9 Å². The van der Waals surface area contributed by atoms with Gasteiger partial charge in [-0.3, -0.25) is 4.79 Å². The van der Waals surface area contributed by atoms with Gasteiger partial charge in [-0.1, -0.05) is 12.1 Å². The van der Waals surface area contributed by atoms with Crippen molar-refractivity contribution in [3.05, 3.63) is 59.9 Å². The summed E-state index contributed by atoms with van der Waals surface area (Å²) in [6, 6.07) is 13.7. The first kappa shape index (κ1) is 16.0. The smallest absolute Gasteiger partial charge is 0.227 e. The summed E-state index contributed by atoms with van der Waals surface area (Å²) in [6.07, 6.45) is 1.05. The summed E-state index contributed by atoms with van der Waals surface area (Å²) in [5.41, 5.74) is 1.78. The molecule has 3 nitrogen and oxygen atoms in total. The van der Waals surface area contributed by atoms with Gasteiger partial charge in [-0.05, 0) is 55.3 Å². The lowest BCUT2D eigenvalue weighted by molar-refractivity contribution is -0.118. The number of benzene rings is 2. The van der Waals surface area contributed by atoms with E-state index in [0.717, 1.165) is 17.0 Å². The zero-order chi connectivity index (χ0) is 15.9. The normalized spacial score (nSPS) is 10.3. The molecule has 0 N–H and O–H groups in total. The first-order chi connectivity index (χ1) is 10.6. The van der Waals surface area contributed by atoms with Gasteiger partial charge < -0.3 is 9.64 Å². The molecule has 116 valence electrons. The second kappa shape index (κ2) is 7.59. The van der Waals surface area contributed by atoms with Crippen LogP contribution in [0, 0.1) is 5.82 Å². The Bertz CT molecular complexity index is 625. The minimum absolute atomic E-state index is 0.0249. The molecule has 2 rings (SSSR count). The second-order valence-corrected chi connectivity index (χ2v) is 4.97. The fraction of sp³-hybridized carbons (Fsp3) is 0.278. The SMILES string of the molecule is CCN(C(=O)CCc1cccc(OC)c1)c1ccc(F)cc1. The molecule has 0 radical (unpaired) electrons. The number of rotatable bonds is 6. The molecule has 0 aliphatic carbocycles. The molecule has 0 saturated carbocycles. The maximum absolute atomic E-state index is 13.0. The molecule has 4 heteroatoms. The van der Waals surface area contributed by atoms with Crippen LogP contribution in [0.5, 0.6) is 5.75 Å². The van der Waals surface area contributed by atoms with Gasteiger partial charge >= 0.3 is 0 Å². The molecular formula is C18H20FNO2. The Balaban J connectivity index is 2.01. The summed E-state index contributed by atoms with van der Waals surface area (Å²) in [4.78, 5) is 14.1. The highest BCUT2D eigenvalue weighted by Crippen LogP contribution is 2.18. The predicted octanol–water partition coefficient (Wildman–Crippen LogP) is 3.82. The highest BCUT2D eigenvalue weighted by Gasteiger charge is 2.14. The lowest BCUT2D eigenvalue weighted by atomic mass is 10.1. The Morgan fingerprint density at radius 3 is 2.55 bits per heavy atom. The molecule has 2 aromatic rings. The lowest BCUT2D eigenvalue weighted by Crippen LogP contribution is -2.30. The molecule has 2 aromatic carbocycles. The number of aryl methyl sites for hydroxylation is 1. The van der Waals surface area contributed by atoms with Gasteiger partial charge in [0.2, 0.25) is 5.91 Å². The van der Waals surface area contributed by atoms with Crippen LogP contribution >= 0.6 is 0 Å². The topological polar surface area (TPSA) is 29.5 Å². The molecule has 0 atom stereocenters. The third-order valence-corrected chi connectivity index (χ3v) is 3.52. The molecule has 22 heavy (non-hydrogen) atoms. The first-order valence-electron chi connectivity index (χ1n) is 7.33. The van der Waals surface area contributed by atoms with Gasteiger partial charge in [-0.2, -0.15) is 0 Å². The standard InChI is InChI=1S/C18H20FNO2/c1-3-20(16-10-8-15(19)9-11-16)18(21)12-7-14-5-4-6-17(13-14)22-2/h4-6,8-11,13H,3,7,12H2,1-2H3. The van der Waals surface area contributed by atoms with Gasteiger partial charge in [0.25, 0.3) is 0 Å². The van der Waals surface area contributed by atoms with Crippen molar-refractivity contribution in [3.63, 3.8) is 0 Å². The minimum Gasteiger partial charge on any atom is -0.497 e. The van der Waals surface area contributed by atoms with Gasteiger partial charge in [-0.15, -0.1) is 0 Å². The van der Waals surface area contributed by atoms with Crippen LogP contribution in [0.2, 0.25) is 0 Å². The van der Waals surface area contributed by atoms with E-state index in [0.29, 0.717) is 19.4 Å². The molecule has 0 aliphatic heterocycles. The number of anilines is 1. The minimum atomic E-state index is -0.302. The molecule has 0 saturated heterocycles. The van der Waals surface area contributed by atoms with Gasteiger partial charge in [0.1, 0.15) is 11.6 Å². The average molecular weight is 301 g/mol. The van der Waals surface area contributed by atoms with E-state index in [1.165, 1.54) is 12.1 Å². The number of halogens is 1. The van der Waals surface area contributed by atoms with Crippen LogP contribution in [0.15, 0.2) is 48.5 Å². The van der Waals surface area contributed by atoms with E-state index in [4.69, 9.17) is 4.74 Å². The molecule has 0 bridgehead atoms. The van der Waals surface area contributed by atoms with Crippen molar-refractivity contribution < 1.29 is 13.9 Å². The highest BCUT2D eigenvalue weighted by atomic mass is 19.1. The third-order valence-electron chi connectivity index (χ3n) is 3.52. The van der Waals surface area contributed by atoms with Crippen LogP contribution < -0.4 is 9.64 Å². The average Bonchev–Trinajstić information content (AvgIpc) is 2.55. The zero-order valence-electron chi connectivity index (χ0n) is 12.9. The van der Waals surface area contributed by atoms with E-state index in [1.807, 2.05) is 31.2 Å². The number of methoxy groups -OCH3 is 1. The zero-order valence-corrected chi connectivity index (χ0v) is 12.9. The number of carbonyl (C=O) groups is 1. The number of carbonyl (C=O) groups excluding carboxylic acids is 1. The summed E-state index contributed by atoms with van der Waals surface area (Å²) in [5, 5.41) is 0. The molecule has 0 aliphatic rings. The molecule has 0 spiro atoms. The largest absolute Gasteiger partial charge is 0.497 e. The van der Waals surface area contributed by atoms with Crippen molar-refractivity contribution in [1.82, 2.24) is 0 Å². The number of hydrogen-bond acceptors (Lipinski definition) is 2. The quantitative estimate of drug-likeness (QED) is 0.811. The van der Waals surface area contributed by atoms with Crippen molar-refractivity contribution in [1.29, 1.82) is 0 Å². The van der Waals surface area contributed by atoms with E-state index in [1.54, 1.807) is 24.1 Å². The third kappa shape index (κ3) is 4.07. The number of ether oxygens (including phenoxy) is 1. The summed E-state index contributed by atoms with van der Waals surface area (Å²) in [6.45, 7) is 2.47. The van der Waals surface area contributed by atoms with Crippen LogP contribution in [-0.4, -0.2) is 19.6 Å². The van der Waals surface area contributed by atoms with Crippen LogP contribution in [0.4, 0.5) is 10.1 Å². The van der Waals surface area contributed by atoms with Crippen LogP contribution in [0.25, 0.3) is 0 Å². The lowest BCUT2D eigenvalue weighted by Gasteiger charge is -2.21. The Hall–Kier alpha value is -2.36. The van der Waals surface area contributed by atoms with E-state index in [-0.39, 0.29) is 11.7 Å². The fourth-order valence-corrected chi connectivity index (χ4v) is 2.34. The molecule has 0 aromatic heterocycles. The summed E-state index contributed by atoms with van der Waals surface area (Å²) < 4.78 is 18.2. The molecule has 1 amide bonds.